The lowest BCUT2D eigenvalue weighted by Gasteiger charge is -1.96. The first-order chi connectivity index (χ1) is 5.82. The topological polar surface area (TPSA) is 127 Å². The highest BCUT2D eigenvalue weighted by Crippen LogP contribution is 1.80. The Hall–Kier alpha value is -1.21. The number of rotatable bonds is 3. The smallest absolute Gasteiger partial charge is 0.351 e. The van der Waals surface area contributed by atoms with Gasteiger partial charge in [-0.05, 0) is 0 Å². The van der Waals surface area contributed by atoms with Crippen molar-refractivity contribution >= 4 is 24.6 Å². The second-order valence-corrected chi connectivity index (χ2v) is 2.32. The molecule has 6 nitrogen and oxygen atoms in total. The van der Waals surface area contributed by atoms with Crippen LogP contribution in [0, 0.1) is 0 Å². The van der Waals surface area contributed by atoms with Crippen LogP contribution < -0.4 is 11.5 Å². The Morgan fingerprint density at radius 1 is 1.46 bits per heavy atom. The molecule has 0 saturated heterocycles. The fraction of sp³-hybridized carbons (Fsp3) is 0.333. The normalized spacial score (nSPS) is 10.6. The van der Waals surface area contributed by atoms with Gasteiger partial charge in [-0.3, -0.25) is 4.79 Å². The summed E-state index contributed by atoms with van der Waals surface area (Å²) in [4.78, 5) is 19.2. The molecule has 0 saturated carbocycles. The molecule has 0 spiro atoms. The summed E-state index contributed by atoms with van der Waals surface area (Å²) in [5.74, 6) is -1.97. The minimum atomic E-state index is -1.16. The van der Waals surface area contributed by atoms with E-state index in [-0.39, 0.29) is 11.4 Å². The first-order valence-electron chi connectivity index (χ1n) is 3.09. The van der Waals surface area contributed by atoms with Gasteiger partial charge >= 0.3 is 11.9 Å². The number of nitrogens with two attached hydrogens (primary N) is 2. The van der Waals surface area contributed by atoms with Crippen LogP contribution in [0.1, 0.15) is 0 Å². The van der Waals surface area contributed by atoms with Gasteiger partial charge in [0.05, 0.1) is 0 Å². The third-order valence-electron chi connectivity index (χ3n) is 0.789. The zero-order chi connectivity index (χ0) is 11.0. The molecule has 6 N–H and O–H groups in total. The van der Waals surface area contributed by atoms with Crippen LogP contribution in [0.5, 0.6) is 0 Å². The van der Waals surface area contributed by atoms with Crippen LogP contribution in [-0.2, 0) is 9.59 Å². The first-order valence-corrected chi connectivity index (χ1v) is 3.73. The van der Waals surface area contributed by atoms with E-state index in [2.05, 4.69) is 24.9 Å². The van der Waals surface area contributed by atoms with Crippen molar-refractivity contribution in [2.45, 2.75) is 6.04 Å². The van der Waals surface area contributed by atoms with Gasteiger partial charge in [-0.1, -0.05) is 6.58 Å². The van der Waals surface area contributed by atoms with Crippen LogP contribution in [0.4, 0.5) is 0 Å². The van der Waals surface area contributed by atoms with Gasteiger partial charge in [0.25, 0.3) is 0 Å². The highest BCUT2D eigenvalue weighted by atomic mass is 32.1. The van der Waals surface area contributed by atoms with E-state index in [1.165, 1.54) is 0 Å². The predicted molar refractivity (Wildman–Crippen MR) is 50.4 cm³/mol. The fourth-order valence-electron chi connectivity index (χ4n) is 0.0781. The molecule has 0 fully saturated rings. The molecule has 13 heavy (non-hydrogen) atoms. The van der Waals surface area contributed by atoms with Crippen LogP contribution in [0.25, 0.3) is 0 Å². The van der Waals surface area contributed by atoms with E-state index >= 15 is 0 Å². The van der Waals surface area contributed by atoms with Gasteiger partial charge in [-0.2, -0.15) is 12.6 Å². The summed E-state index contributed by atoms with van der Waals surface area (Å²) < 4.78 is 0. The zero-order valence-corrected chi connectivity index (χ0v) is 7.70. The Kier molecular flexibility index (Phi) is 8.20. The van der Waals surface area contributed by atoms with Crippen molar-refractivity contribution in [1.29, 1.82) is 0 Å². The number of carboxylic acid groups (broad SMARTS) is 2. The van der Waals surface area contributed by atoms with Crippen molar-refractivity contribution in [3.63, 3.8) is 0 Å². The monoisotopic (exact) mass is 208 g/mol. The summed E-state index contributed by atoms with van der Waals surface area (Å²) in [5.41, 5.74) is 9.26. The largest absolute Gasteiger partial charge is 0.480 e. The Bertz CT molecular complexity index is 195. The summed E-state index contributed by atoms with van der Waals surface area (Å²) in [6, 6.07) is -0.816. The van der Waals surface area contributed by atoms with E-state index in [4.69, 9.17) is 15.9 Å². The molecule has 0 radical (unpaired) electrons. The van der Waals surface area contributed by atoms with E-state index < -0.39 is 18.0 Å². The molecular weight excluding hydrogens is 196 g/mol. The van der Waals surface area contributed by atoms with Gasteiger partial charge in [-0.15, -0.1) is 0 Å². The summed E-state index contributed by atoms with van der Waals surface area (Å²) in [6.07, 6.45) is 0. The molecule has 0 unspecified atom stereocenters. The molecular formula is C6H12N2O4S. The third-order valence-corrected chi connectivity index (χ3v) is 1.18. The number of hydrogen-bond donors (Lipinski definition) is 5. The summed E-state index contributed by atoms with van der Waals surface area (Å²) in [6.45, 7) is 2.93. The number of carboxylic acids is 2. The first kappa shape index (κ1) is 14.3. The quantitative estimate of drug-likeness (QED) is 0.295. The molecule has 0 aliphatic rings. The maximum atomic E-state index is 9.76. The summed E-state index contributed by atoms with van der Waals surface area (Å²) in [5, 5.41) is 15.8. The van der Waals surface area contributed by atoms with Gasteiger partial charge in [0.2, 0.25) is 0 Å². The molecule has 0 bridgehead atoms. The Labute approximate surface area is 80.6 Å². The van der Waals surface area contributed by atoms with E-state index in [9.17, 15) is 9.59 Å². The van der Waals surface area contributed by atoms with E-state index in [1.807, 2.05) is 0 Å². The van der Waals surface area contributed by atoms with Gasteiger partial charge < -0.3 is 21.7 Å². The second kappa shape index (κ2) is 7.44. The lowest BCUT2D eigenvalue weighted by Crippen LogP contribution is -2.31. The third kappa shape index (κ3) is 10.8. The molecule has 0 rings (SSSR count). The fourth-order valence-corrected chi connectivity index (χ4v) is 0.234. The van der Waals surface area contributed by atoms with E-state index in [0.29, 0.717) is 0 Å². The van der Waals surface area contributed by atoms with Crippen LogP contribution >= 0.6 is 12.6 Å². The standard InChI is InChI=1S/C3H7NO2S.C3H5NO2/c4-2(1-7)3(5)6;1-2(4)3(5)6/h2,7H,1,4H2,(H,5,6);1,4H2,(H,5,6)/t2-;/m0./s1. The van der Waals surface area contributed by atoms with Gasteiger partial charge in [0.15, 0.2) is 0 Å². The van der Waals surface area contributed by atoms with Gasteiger partial charge in [0, 0.05) is 5.75 Å². The Balaban J connectivity index is 0. The molecule has 0 aliphatic carbocycles. The number of carbonyl (C=O) groups is 2. The van der Waals surface area contributed by atoms with Crippen LogP contribution in [0.15, 0.2) is 12.3 Å². The van der Waals surface area contributed by atoms with Crippen molar-refractivity contribution in [2.75, 3.05) is 5.75 Å². The van der Waals surface area contributed by atoms with Crippen LogP contribution in [-0.4, -0.2) is 33.9 Å². The molecule has 7 heteroatoms. The predicted octanol–water partition coefficient (Wildman–Crippen LogP) is -1.13. The van der Waals surface area contributed by atoms with E-state index in [0.717, 1.165) is 0 Å². The molecule has 0 aliphatic heterocycles. The van der Waals surface area contributed by atoms with Crippen molar-refractivity contribution in [1.82, 2.24) is 0 Å². The molecule has 76 valence electrons. The highest BCUT2D eigenvalue weighted by Gasteiger charge is 2.06. The average molecular weight is 208 g/mol. The number of aliphatic carboxylic acids is 2. The molecule has 0 aromatic heterocycles. The average Bonchev–Trinajstić information content (AvgIpc) is 2.03. The minimum Gasteiger partial charge on any atom is -0.480 e. The van der Waals surface area contributed by atoms with E-state index in [1.54, 1.807) is 0 Å². The lowest BCUT2D eigenvalue weighted by atomic mass is 10.4. The highest BCUT2D eigenvalue weighted by molar-refractivity contribution is 7.80. The van der Waals surface area contributed by atoms with Gasteiger partial charge in [-0.25, -0.2) is 4.79 Å². The van der Waals surface area contributed by atoms with Crippen molar-refractivity contribution in [3.05, 3.63) is 12.3 Å². The number of thiol groups is 1. The molecule has 0 amide bonds. The minimum absolute atomic E-state index is 0.190. The van der Waals surface area contributed by atoms with Crippen molar-refractivity contribution < 1.29 is 19.8 Å². The maximum Gasteiger partial charge on any atom is 0.351 e. The maximum absolute atomic E-state index is 9.76. The van der Waals surface area contributed by atoms with Gasteiger partial charge in [0.1, 0.15) is 11.7 Å². The van der Waals surface area contributed by atoms with Crippen LogP contribution in [0.3, 0.4) is 0 Å². The van der Waals surface area contributed by atoms with Crippen molar-refractivity contribution in [3.8, 4) is 0 Å². The lowest BCUT2D eigenvalue weighted by molar-refractivity contribution is -0.138. The number of hydrogen-bond acceptors (Lipinski definition) is 5. The Morgan fingerprint density at radius 3 is 1.77 bits per heavy atom. The molecule has 0 aromatic rings. The molecule has 0 aromatic carbocycles. The second-order valence-electron chi connectivity index (χ2n) is 1.96. The Morgan fingerprint density at radius 2 is 1.77 bits per heavy atom. The van der Waals surface area contributed by atoms with Crippen molar-refractivity contribution in [2.24, 2.45) is 11.5 Å². The summed E-state index contributed by atoms with van der Waals surface area (Å²) in [7, 11) is 0. The SMILES string of the molecule is C=C(N)C(=O)O.N[C@@H](CS)C(=O)O. The van der Waals surface area contributed by atoms with Crippen LogP contribution in [0.2, 0.25) is 0 Å². The molecule has 1 atom stereocenters. The summed E-state index contributed by atoms with van der Waals surface area (Å²) >= 11 is 3.65. The molecule has 0 heterocycles. The zero-order valence-electron chi connectivity index (χ0n) is 6.80.